The first kappa shape index (κ1) is 12.5. The van der Waals surface area contributed by atoms with Crippen molar-refractivity contribution in [1.29, 1.82) is 0 Å². The summed E-state index contributed by atoms with van der Waals surface area (Å²) in [5, 5.41) is 8.72. The summed E-state index contributed by atoms with van der Waals surface area (Å²) in [4.78, 5) is 17.1. The lowest BCUT2D eigenvalue weighted by Crippen LogP contribution is -2.28. The largest absolute Gasteiger partial charge is 0.481 e. The standard InChI is InChI=1S/C12H15BrN2O2/c13-9-1-2-10(14-7-9)8-15(11-3-4-11)6-5-12(16)17/h1-2,7,11H,3-6,8H2,(H,16,17). The van der Waals surface area contributed by atoms with Gasteiger partial charge in [0.15, 0.2) is 0 Å². The second-order valence-electron chi connectivity index (χ2n) is 4.31. The molecule has 1 aliphatic rings. The zero-order valence-electron chi connectivity index (χ0n) is 9.47. The highest BCUT2D eigenvalue weighted by Gasteiger charge is 2.29. The van der Waals surface area contributed by atoms with Crippen LogP contribution in [0.5, 0.6) is 0 Å². The summed E-state index contributed by atoms with van der Waals surface area (Å²) in [7, 11) is 0. The molecule has 2 rings (SSSR count). The summed E-state index contributed by atoms with van der Waals surface area (Å²) < 4.78 is 0.963. The van der Waals surface area contributed by atoms with Gasteiger partial charge in [0, 0.05) is 29.8 Å². The van der Waals surface area contributed by atoms with E-state index in [0.717, 1.165) is 16.7 Å². The first-order valence-electron chi connectivity index (χ1n) is 5.71. The minimum absolute atomic E-state index is 0.201. The van der Waals surface area contributed by atoms with Crippen molar-refractivity contribution in [2.24, 2.45) is 0 Å². The lowest BCUT2D eigenvalue weighted by molar-refractivity contribution is -0.137. The van der Waals surface area contributed by atoms with Crippen LogP contribution in [0.25, 0.3) is 0 Å². The maximum atomic E-state index is 10.6. The van der Waals surface area contributed by atoms with Crippen LogP contribution >= 0.6 is 15.9 Å². The average molecular weight is 299 g/mol. The number of nitrogens with zero attached hydrogens (tertiary/aromatic N) is 2. The van der Waals surface area contributed by atoms with Crippen molar-refractivity contribution in [2.75, 3.05) is 6.54 Å². The Balaban J connectivity index is 1.92. The van der Waals surface area contributed by atoms with Crippen molar-refractivity contribution in [3.63, 3.8) is 0 Å². The van der Waals surface area contributed by atoms with Crippen LogP contribution in [-0.4, -0.2) is 33.5 Å². The molecule has 1 saturated carbocycles. The molecule has 1 fully saturated rings. The highest BCUT2D eigenvalue weighted by molar-refractivity contribution is 9.10. The quantitative estimate of drug-likeness (QED) is 0.875. The van der Waals surface area contributed by atoms with Crippen molar-refractivity contribution in [1.82, 2.24) is 9.88 Å². The van der Waals surface area contributed by atoms with Crippen LogP contribution in [0.3, 0.4) is 0 Å². The van der Waals surface area contributed by atoms with Gasteiger partial charge >= 0.3 is 5.97 Å². The van der Waals surface area contributed by atoms with Gasteiger partial charge in [-0.05, 0) is 40.9 Å². The molecule has 0 spiro atoms. The van der Waals surface area contributed by atoms with Gasteiger partial charge in [-0.15, -0.1) is 0 Å². The van der Waals surface area contributed by atoms with E-state index in [1.54, 1.807) is 6.20 Å². The number of carbonyl (C=O) groups is 1. The second-order valence-corrected chi connectivity index (χ2v) is 5.23. The Hall–Kier alpha value is -0.940. The second kappa shape index (κ2) is 5.60. The normalized spacial score (nSPS) is 15.2. The van der Waals surface area contributed by atoms with E-state index in [4.69, 9.17) is 5.11 Å². The van der Waals surface area contributed by atoms with Gasteiger partial charge in [0.2, 0.25) is 0 Å². The Morgan fingerprint density at radius 2 is 2.29 bits per heavy atom. The SMILES string of the molecule is O=C(O)CCN(Cc1ccc(Br)cn1)C1CC1. The molecule has 0 atom stereocenters. The molecule has 4 nitrogen and oxygen atoms in total. The molecule has 0 radical (unpaired) electrons. The summed E-state index contributed by atoms with van der Waals surface area (Å²) in [5.41, 5.74) is 0.991. The van der Waals surface area contributed by atoms with Gasteiger partial charge in [0.25, 0.3) is 0 Å². The zero-order valence-corrected chi connectivity index (χ0v) is 11.1. The number of aromatic nitrogens is 1. The number of rotatable bonds is 6. The highest BCUT2D eigenvalue weighted by atomic mass is 79.9. The highest BCUT2D eigenvalue weighted by Crippen LogP contribution is 2.28. The molecule has 0 amide bonds. The first-order chi connectivity index (χ1) is 8.15. The van der Waals surface area contributed by atoms with E-state index in [9.17, 15) is 4.79 Å². The minimum atomic E-state index is -0.737. The van der Waals surface area contributed by atoms with Crippen LogP contribution < -0.4 is 0 Å². The fourth-order valence-electron chi connectivity index (χ4n) is 1.78. The van der Waals surface area contributed by atoms with Crippen molar-refractivity contribution in [3.8, 4) is 0 Å². The first-order valence-corrected chi connectivity index (χ1v) is 6.51. The van der Waals surface area contributed by atoms with Crippen LogP contribution in [0.2, 0.25) is 0 Å². The predicted octanol–water partition coefficient (Wildman–Crippen LogP) is 2.28. The summed E-state index contributed by atoms with van der Waals surface area (Å²) in [6.07, 6.45) is 4.33. The van der Waals surface area contributed by atoms with E-state index in [-0.39, 0.29) is 6.42 Å². The van der Waals surface area contributed by atoms with Gasteiger partial charge in [-0.25, -0.2) is 0 Å². The third-order valence-electron chi connectivity index (χ3n) is 2.83. The number of carboxylic acids is 1. The van der Waals surface area contributed by atoms with Crippen molar-refractivity contribution < 1.29 is 9.90 Å². The van der Waals surface area contributed by atoms with Gasteiger partial charge in [-0.1, -0.05) is 0 Å². The molecule has 1 N–H and O–H groups in total. The molecule has 0 saturated heterocycles. The van der Waals surface area contributed by atoms with E-state index >= 15 is 0 Å². The molecule has 0 unspecified atom stereocenters. The molecule has 0 bridgehead atoms. The molecule has 92 valence electrons. The monoisotopic (exact) mass is 298 g/mol. The van der Waals surface area contributed by atoms with E-state index < -0.39 is 5.97 Å². The maximum Gasteiger partial charge on any atom is 0.304 e. The Labute approximate surface area is 109 Å². The van der Waals surface area contributed by atoms with E-state index in [1.165, 1.54) is 12.8 Å². The van der Waals surface area contributed by atoms with Crippen LogP contribution in [0, 0.1) is 0 Å². The third-order valence-corrected chi connectivity index (χ3v) is 3.30. The Bertz CT molecular complexity index is 390. The Kier molecular flexibility index (Phi) is 4.12. The summed E-state index contributed by atoms with van der Waals surface area (Å²) in [6, 6.07) is 4.49. The number of pyridine rings is 1. The fraction of sp³-hybridized carbons (Fsp3) is 0.500. The Morgan fingerprint density at radius 1 is 1.53 bits per heavy atom. The summed E-state index contributed by atoms with van der Waals surface area (Å²) >= 11 is 3.35. The molecule has 1 aliphatic carbocycles. The third kappa shape index (κ3) is 4.09. The van der Waals surface area contributed by atoms with E-state index in [0.29, 0.717) is 12.6 Å². The minimum Gasteiger partial charge on any atom is -0.481 e. The summed E-state index contributed by atoms with van der Waals surface area (Å²) in [6.45, 7) is 1.35. The maximum absolute atomic E-state index is 10.6. The number of carboxylic acid groups (broad SMARTS) is 1. The van der Waals surface area contributed by atoms with Crippen molar-refractivity contribution >= 4 is 21.9 Å². The molecule has 1 heterocycles. The molecule has 0 aromatic carbocycles. The molecular weight excluding hydrogens is 284 g/mol. The number of halogens is 1. The van der Waals surface area contributed by atoms with Crippen LogP contribution in [0.15, 0.2) is 22.8 Å². The average Bonchev–Trinajstić information content (AvgIpc) is 3.10. The van der Waals surface area contributed by atoms with Crippen molar-refractivity contribution in [3.05, 3.63) is 28.5 Å². The number of hydrogen-bond donors (Lipinski definition) is 1. The molecular formula is C12H15BrN2O2. The smallest absolute Gasteiger partial charge is 0.304 e. The molecule has 1 aromatic heterocycles. The molecule has 17 heavy (non-hydrogen) atoms. The molecule has 5 heteroatoms. The van der Waals surface area contributed by atoms with Crippen LogP contribution in [0.1, 0.15) is 25.0 Å². The number of hydrogen-bond acceptors (Lipinski definition) is 3. The predicted molar refractivity (Wildman–Crippen MR) is 67.6 cm³/mol. The molecule has 0 aliphatic heterocycles. The van der Waals surface area contributed by atoms with E-state index in [2.05, 4.69) is 25.8 Å². The fourth-order valence-corrected chi connectivity index (χ4v) is 2.01. The lowest BCUT2D eigenvalue weighted by atomic mass is 10.3. The van der Waals surface area contributed by atoms with Gasteiger partial charge in [-0.2, -0.15) is 0 Å². The molecule has 1 aromatic rings. The summed E-state index contributed by atoms with van der Waals surface area (Å²) in [5.74, 6) is -0.737. The topological polar surface area (TPSA) is 53.4 Å². The Morgan fingerprint density at radius 3 is 2.82 bits per heavy atom. The van der Waals surface area contributed by atoms with Crippen molar-refractivity contribution in [2.45, 2.75) is 31.8 Å². The lowest BCUT2D eigenvalue weighted by Gasteiger charge is -2.20. The number of aliphatic carboxylic acids is 1. The van der Waals surface area contributed by atoms with Gasteiger partial charge in [-0.3, -0.25) is 14.7 Å². The van der Waals surface area contributed by atoms with Gasteiger partial charge in [0.05, 0.1) is 12.1 Å². The van der Waals surface area contributed by atoms with Gasteiger partial charge in [0.1, 0.15) is 0 Å². The van der Waals surface area contributed by atoms with E-state index in [1.807, 2.05) is 12.1 Å². The van der Waals surface area contributed by atoms with Crippen LogP contribution in [-0.2, 0) is 11.3 Å². The van der Waals surface area contributed by atoms with Crippen LogP contribution in [0.4, 0.5) is 0 Å². The zero-order chi connectivity index (χ0) is 12.3. The van der Waals surface area contributed by atoms with Gasteiger partial charge < -0.3 is 5.11 Å².